The summed E-state index contributed by atoms with van der Waals surface area (Å²) >= 11 is 0. The van der Waals surface area contributed by atoms with Gasteiger partial charge >= 0.3 is 6.09 Å². The normalized spacial score (nSPS) is 11.0. The molecule has 0 radical (unpaired) electrons. The SMILES string of the molecule is Cc1c[nH]c(C(=O)NCCCCNC(=O)OC(C)(C)C)c1. The van der Waals surface area contributed by atoms with Crippen LogP contribution in [0.5, 0.6) is 0 Å². The second-order valence-corrected chi connectivity index (χ2v) is 5.98. The Bertz CT molecular complexity index is 475. The van der Waals surface area contributed by atoms with Gasteiger partial charge in [0.05, 0.1) is 0 Å². The number of carbonyl (C=O) groups excluding carboxylic acids is 2. The van der Waals surface area contributed by atoms with Crippen molar-refractivity contribution in [3.8, 4) is 0 Å². The molecule has 6 heteroatoms. The zero-order chi connectivity index (χ0) is 15.9. The fourth-order valence-electron chi connectivity index (χ4n) is 1.69. The number of ether oxygens (including phenoxy) is 1. The number of unbranched alkanes of at least 4 members (excludes halogenated alkanes) is 1. The van der Waals surface area contributed by atoms with Crippen molar-refractivity contribution in [2.45, 2.75) is 46.1 Å². The zero-order valence-corrected chi connectivity index (χ0v) is 13.2. The van der Waals surface area contributed by atoms with E-state index in [2.05, 4.69) is 15.6 Å². The van der Waals surface area contributed by atoms with E-state index in [9.17, 15) is 9.59 Å². The van der Waals surface area contributed by atoms with E-state index < -0.39 is 11.7 Å². The predicted octanol–water partition coefficient (Wildman–Crippen LogP) is 2.36. The summed E-state index contributed by atoms with van der Waals surface area (Å²) in [4.78, 5) is 26.0. The van der Waals surface area contributed by atoms with Crippen LogP contribution in [-0.2, 0) is 4.74 Å². The van der Waals surface area contributed by atoms with Crippen molar-refractivity contribution >= 4 is 12.0 Å². The van der Waals surface area contributed by atoms with Crippen LogP contribution < -0.4 is 10.6 Å². The molecule has 0 aromatic carbocycles. The highest BCUT2D eigenvalue weighted by Gasteiger charge is 2.15. The second kappa shape index (κ2) is 7.71. The third-order valence-electron chi connectivity index (χ3n) is 2.63. The molecule has 118 valence electrons. The summed E-state index contributed by atoms with van der Waals surface area (Å²) in [5, 5.41) is 5.51. The highest BCUT2D eigenvalue weighted by atomic mass is 16.6. The summed E-state index contributed by atoms with van der Waals surface area (Å²) in [6.07, 6.45) is 2.96. The Morgan fingerprint density at radius 3 is 2.33 bits per heavy atom. The second-order valence-electron chi connectivity index (χ2n) is 5.98. The van der Waals surface area contributed by atoms with Crippen LogP contribution >= 0.6 is 0 Å². The molecule has 0 fully saturated rings. The maximum absolute atomic E-state index is 11.7. The van der Waals surface area contributed by atoms with Gasteiger partial charge in [-0.25, -0.2) is 4.79 Å². The molecule has 6 nitrogen and oxygen atoms in total. The predicted molar refractivity (Wildman–Crippen MR) is 81.3 cm³/mol. The van der Waals surface area contributed by atoms with Gasteiger partial charge in [0, 0.05) is 19.3 Å². The van der Waals surface area contributed by atoms with Gasteiger partial charge in [0.15, 0.2) is 0 Å². The molecule has 2 amide bonds. The molecule has 1 heterocycles. The average Bonchev–Trinajstić information content (AvgIpc) is 2.78. The molecular weight excluding hydrogens is 270 g/mol. The van der Waals surface area contributed by atoms with Crippen molar-refractivity contribution < 1.29 is 14.3 Å². The molecule has 0 unspecified atom stereocenters. The minimum atomic E-state index is -0.480. The minimum absolute atomic E-state index is 0.108. The van der Waals surface area contributed by atoms with E-state index in [0.29, 0.717) is 18.8 Å². The number of hydrogen-bond donors (Lipinski definition) is 3. The lowest BCUT2D eigenvalue weighted by Crippen LogP contribution is -2.33. The molecule has 1 aromatic heterocycles. The fraction of sp³-hybridized carbons (Fsp3) is 0.600. The first-order chi connectivity index (χ1) is 9.78. The quantitative estimate of drug-likeness (QED) is 0.704. The molecule has 0 aliphatic rings. The van der Waals surface area contributed by atoms with Gasteiger partial charge in [-0.2, -0.15) is 0 Å². The molecule has 0 aliphatic carbocycles. The number of aryl methyl sites for hydroxylation is 1. The van der Waals surface area contributed by atoms with Gasteiger partial charge in [-0.3, -0.25) is 4.79 Å². The molecule has 0 spiro atoms. The Kier molecular flexibility index (Phi) is 6.27. The molecular formula is C15H25N3O3. The molecule has 0 saturated heterocycles. The van der Waals surface area contributed by atoms with E-state index in [1.165, 1.54) is 0 Å². The van der Waals surface area contributed by atoms with Gasteiger partial charge in [0.1, 0.15) is 11.3 Å². The first-order valence-corrected chi connectivity index (χ1v) is 7.18. The van der Waals surface area contributed by atoms with Crippen LogP contribution in [0.4, 0.5) is 4.79 Å². The molecule has 21 heavy (non-hydrogen) atoms. The Hall–Kier alpha value is -1.98. The number of alkyl carbamates (subject to hydrolysis) is 1. The maximum Gasteiger partial charge on any atom is 0.407 e. The molecule has 0 atom stereocenters. The third-order valence-corrected chi connectivity index (χ3v) is 2.63. The fourth-order valence-corrected chi connectivity index (χ4v) is 1.69. The summed E-state index contributed by atoms with van der Waals surface area (Å²) in [6.45, 7) is 8.51. The van der Waals surface area contributed by atoms with Crippen molar-refractivity contribution in [1.29, 1.82) is 0 Å². The Balaban J connectivity index is 2.07. The largest absolute Gasteiger partial charge is 0.444 e. The summed E-state index contributed by atoms with van der Waals surface area (Å²) in [5.74, 6) is -0.108. The Labute approximate surface area is 125 Å². The van der Waals surface area contributed by atoms with Crippen molar-refractivity contribution in [1.82, 2.24) is 15.6 Å². The van der Waals surface area contributed by atoms with Crippen LogP contribution in [0, 0.1) is 6.92 Å². The molecule has 1 rings (SSSR count). The van der Waals surface area contributed by atoms with Gasteiger partial charge in [-0.15, -0.1) is 0 Å². The molecule has 3 N–H and O–H groups in total. The number of hydrogen-bond acceptors (Lipinski definition) is 3. The number of amides is 2. The van der Waals surface area contributed by atoms with Crippen molar-refractivity contribution in [3.05, 3.63) is 23.5 Å². The van der Waals surface area contributed by atoms with E-state index >= 15 is 0 Å². The van der Waals surface area contributed by atoms with Gasteiger partial charge in [-0.1, -0.05) is 0 Å². The van der Waals surface area contributed by atoms with Crippen LogP contribution in [0.3, 0.4) is 0 Å². The average molecular weight is 295 g/mol. The monoisotopic (exact) mass is 295 g/mol. The number of rotatable bonds is 6. The summed E-state index contributed by atoms with van der Waals surface area (Å²) in [5.41, 5.74) is 1.12. The van der Waals surface area contributed by atoms with Gasteiger partial charge in [-0.05, 0) is 52.2 Å². The van der Waals surface area contributed by atoms with E-state index in [4.69, 9.17) is 4.74 Å². The summed E-state index contributed by atoms with van der Waals surface area (Å²) in [6, 6.07) is 1.80. The number of H-pyrrole nitrogens is 1. The number of carbonyl (C=O) groups is 2. The highest BCUT2D eigenvalue weighted by Crippen LogP contribution is 2.06. The molecule has 0 saturated carbocycles. The van der Waals surface area contributed by atoms with Crippen LogP contribution in [0.1, 0.15) is 49.7 Å². The molecule has 0 aliphatic heterocycles. The Morgan fingerprint density at radius 2 is 1.81 bits per heavy atom. The first-order valence-electron chi connectivity index (χ1n) is 7.18. The summed E-state index contributed by atoms with van der Waals surface area (Å²) in [7, 11) is 0. The number of nitrogens with one attached hydrogen (secondary N) is 3. The van der Waals surface area contributed by atoms with Crippen molar-refractivity contribution in [2.75, 3.05) is 13.1 Å². The lowest BCUT2D eigenvalue weighted by molar-refractivity contribution is 0.0526. The summed E-state index contributed by atoms with van der Waals surface area (Å²) < 4.78 is 5.12. The zero-order valence-electron chi connectivity index (χ0n) is 13.2. The third kappa shape index (κ3) is 7.39. The Morgan fingerprint density at radius 1 is 1.19 bits per heavy atom. The topological polar surface area (TPSA) is 83.2 Å². The number of aromatic amines is 1. The van der Waals surface area contributed by atoms with Crippen molar-refractivity contribution in [3.63, 3.8) is 0 Å². The first kappa shape index (κ1) is 17.1. The van der Waals surface area contributed by atoms with Crippen LogP contribution in [0.15, 0.2) is 12.3 Å². The standard InChI is InChI=1S/C15H25N3O3/c1-11-9-12(18-10-11)13(19)16-7-5-6-8-17-14(20)21-15(2,3)4/h9-10,18H,5-8H2,1-4H3,(H,16,19)(H,17,20). The van der Waals surface area contributed by atoms with Crippen LogP contribution in [-0.4, -0.2) is 35.7 Å². The van der Waals surface area contributed by atoms with Gasteiger partial charge in [0.2, 0.25) is 0 Å². The maximum atomic E-state index is 11.7. The minimum Gasteiger partial charge on any atom is -0.444 e. The lowest BCUT2D eigenvalue weighted by atomic mass is 10.2. The van der Waals surface area contributed by atoms with E-state index in [-0.39, 0.29) is 5.91 Å². The lowest BCUT2D eigenvalue weighted by Gasteiger charge is -2.19. The smallest absolute Gasteiger partial charge is 0.407 e. The van der Waals surface area contributed by atoms with E-state index in [1.807, 2.05) is 27.7 Å². The molecule has 0 bridgehead atoms. The van der Waals surface area contributed by atoms with Gasteiger partial charge in [0.25, 0.3) is 5.91 Å². The highest BCUT2D eigenvalue weighted by molar-refractivity contribution is 5.92. The molecule has 1 aromatic rings. The van der Waals surface area contributed by atoms with Gasteiger partial charge < -0.3 is 20.4 Å². The number of aromatic nitrogens is 1. The van der Waals surface area contributed by atoms with Crippen molar-refractivity contribution in [2.24, 2.45) is 0 Å². The van der Waals surface area contributed by atoms with E-state index in [1.54, 1.807) is 12.3 Å². The van der Waals surface area contributed by atoms with E-state index in [0.717, 1.165) is 18.4 Å². The van der Waals surface area contributed by atoms with Crippen LogP contribution in [0.25, 0.3) is 0 Å². The van der Waals surface area contributed by atoms with Crippen LogP contribution in [0.2, 0.25) is 0 Å².